The molecule has 2 rings (SSSR count). The summed E-state index contributed by atoms with van der Waals surface area (Å²) in [5.41, 5.74) is 6.96. The average molecular weight is 242 g/mol. The molecular formula is C14H14N2O2. The van der Waals surface area contributed by atoms with Crippen LogP contribution in [-0.4, -0.2) is 10.5 Å². The van der Waals surface area contributed by atoms with Gasteiger partial charge in [0.1, 0.15) is 5.56 Å². The van der Waals surface area contributed by atoms with Crippen LogP contribution in [0, 0.1) is 6.92 Å². The van der Waals surface area contributed by atoms with Gasteiger partial charge in [-0.25, -0.2) is 0 Å². The Hall–Kier alpha value is -2.36. The smallest absolute Gasteiger partial charge is 0.263 e. The predicted molar refractivity (Wildman–Crippen MR) is 69.5 cm³/mol. The molecule has 4 heteroatoms. The highest BCUT2D eigenvalue weighted by Gasteiger charge is 2.08. The van der Waals surface area contributed by atoms with Crippen molar-refractivity contribution in [1.82, 2.24) is 4.57 Å². The first-order chi connectivity index (χ1) is 8.58. The van der Waals surface area contributed by atoms with Crippen LogP contribution in [0.5, 0.6) is 0 Å². The highest BCUT2D eigenvalue weighted by Crippen LogP contribution is 2.05. The van der Waals surface area contributed by atoms with Gasteiger partial charge in [0.15, 0.2) is 0 Å². The topological polar surface area (TPSA) is 65.1 Å². The molecule has 92 valence electrons. The van der Waals surface area contributed by atoms with Crippen LogP contribution in [0.1, 0.15) is 21.5 Å². The quantitative estimate of drug-likeness (QED) is 0.881. The average Bonchev–Trinajstić information content (AvgIpc) is 2.31. The van der Waals surface area contributed by atoms with Gasteiger partial charge >= 0.3 is 0 Å². The van der Waals surface area contributed by atoms with Crippen molar-refractivity contribution in [3.05, 3.63) is 69.6 Å². The summed E-state index contributed by atoms with van der Waals surface area (Å²) in [6, 6.07) is 11.0. The maximum Gasteiger partial charge on any atom is 0.263 e. The van der Waals surface area contributed by atoms with Crippen molar-refractivity contribution in [2.75, 3.05) is 0 Å². The molecule has 1 heterocycles. The van der Waals surface area contributed by atoms with E-state index in [4.69, 9.17) is 5.73 Å². The lowest BCUT2D eigenvalue weighted by Crippen LogP contribution is -2.29. The molecule has 2 N–H and O–H groups in total. The first-order valence-electron chi connectivity index (χ1n) is 5.63. The third kappa shape index (κ3) is 2.48. The molecule has 0 aliphatic rings. The first-order valence-corrected chi connectivity index (χ1v) is 5.63. The summed E-state index contributed by atoms with van der Waals surface area (Å²) in [7, 11) is 0. The van der Waals surface area contributed by atoms with Gasteiger partial charge in [-0.3, -0.25) is 9.59 Å². The van der Waals surface area contributed by atoms with Gasteiger partial charge in [0.05, 0.1) is 6.54 Å². The number of hydrogen-bond acceptors (Lipinski definition) is 2. The Morgan fingerprint density at radius 2 is 2.06 bits per heavy atom. The van der Waals surface area contributed by atoms with Crippen LogP contribution in [0.4, 0.5) is 0 Å². The van der Waals surface area contributed by atoms with Gasteiger partial charge < -0.3 is 10.3 Å². The number of amides is 1. The molecule has 0 saturated heterocycles. The fraction of sp³-hybridized carbons (Fsp3) is 0.143. The van der Waals surface area contributed by atoms with Gasteiger partial charge in [-0.05, 0) is 24.6 Å². The SMILES string of the molecule is Cc1cccc(Cn2cccc(C(N)=O)c2=O)c1. The van der Waals surface area contributed by atoms with E-state index in [1.807, 2.05) is 31.2 Å². The molecule has 0 bridgehead atoms. The summed E-state index contributed by atoms with van der Waals surface area (Å²) >= 11 is 0. The molecule has 18 heavy (non-hydrogen) atoms. The van der Waals surface area contributed by atoms with Crippen LogP contribution >= 0.6 is 0 Å². The lowest BCUT2D eigenvalue weighted by Gasteiger charge is -2.07. The number of aromatic nitrogens is 1. The molecule has 1 aromatic carbocycles. The number of pyridine rings is 1. The molecule has 1 aromatic heterocycles. The normalized spacial score (nSPS) is 10.3. The number of primary amides is 1. The predicted octanol–water partition coefficient (Wildman–Crippen LogP) is 1.30. The standard InChI is InChI=1S/C14H14N2O2/c1-10-4-2-5-11(8-10)9-16-7-3-6-12(13(15)17)14(16)18/h2-8H,9H2,1H3,(H2,15,17). The third-order valence-electron chi connectivity index (χ3n) is 2.72. The number of benzene rings is 1. The second kappa shape index (κ2) is 4.87. The Morgan fingerprint density at radius 3 is 2.72 bits per heavy atom. The molecule has 0 radical (unpaired) electrons. The highest BCUT2D eigenvalue weighted by molar-refractivity contribution is 5.92. The maximum absolute atomic E-state index is 12.0. The van der Waals surface area contributed by atoms with E-state index in [0.29, 0.717) is 6.54 Å². The van der Waals surface area contributed by atoms with E-state index < -0.39 is 5.91 Å². The van der Waals surface area contributed by atoms with E-state index in [9.17, 15) is 9.59 Å². The third-order valence-corrected chi connectivity index (χ3v) is 2.72. The minimum absolute atomic E-state index is 0.0187. The number of hydrogen-bond donors (Lipinski definition) is 1. The molecule has 0 aliphatic heterocycles. The fourth-order valence-electron chi connectivity index (χ4n) is 1.86. The van der Waals surface area contributed by atoms with Crippen LogP contribution in [0.25, 0.3) is 0 Å². The maximum atomic E-state index is 12.0. The van der Waals surface area contributed by atoms with Gasteiger partial charge in [-0.1, -0.05) is 29.8 Å². The van der Waals surface area contributed by atoms with Crippen LogP contribution < -0.4 is 11.3 Å². The Labute approximate surface area is 105 Å². The Morgan fingerprint density at radius 1 is 1.28 bits per heavy atom. The summed E-state index contributed by atoms with van der Waals surface area (Å²) < 4.78 is 1.48. The summed E-state index contributed by atoms with van der Waals surface area (Å²) in [4.78, 5) is 23.1. The van der Waals surface area contributed by atoms with E-state index in [-0.39, 0.29) is 11.1 Å². The van der Waals surface area contributed by atoms with E-state index >= 15 is 0 Å². The molecule has 0 aliphatic carbocycles. The number of aryl methyl sites for hydroxylation is 1. The zero-order valence-corrected chi connectivity index (χ0v) is 10.1. The molecule has 0 spiro atoms. The molecule has 2 aromatic rings. The van der Waals surface area contributed by atoms with Gasteiger partial charge in [-0.2, -0.15) is 0 Å². The van der Waals surface area contributed by atoms with Crippen LogP contribution in [0.3, 0.4) is 0 Å². The lowest BCUT2D eigenvalue weighted by atomic mass is 10.1. The summed E-state index contributed by atoms with van der Waals surface area (Å²) in [6.07, 6.45) is 1.65. The van der Waals surface area contributed by atoms with Crippen molar-refractivity contribution in [3.63, 3.8) is 0 Å². The van der Waals surface area contributed by atoms with Crippen LogP contribution in [0.15, 0.2) is 47.4 Å². The summed E-state index contributed by atoms with van der Waals surface area (Å²) in [5, 5.41) is 0. The van der Waals surface area contributed by atoms with Crippen molar-refractivity contribution in [2.45, 2.75) is 13.5 Å². The molecule has 0 unspecified atom stereocenters. The molecule has 1 amide bonds. The molecule has 4 nitrogen and oxygen atoms in total. The molecule has 0 saturated carbocycles. The van der Waals surface area contributed by atoms with E-state index in [1.54, 1.807) is 12.3 Å². The van der Waals surface area contributed by atoms with Crippen molar-refractivity contribution < 1.29 is 4.79 Å². The van der Waals surface area contributed by atoms with Crippen LogP contribution in [-0.2, 0) is 6.54 Å². The minimum Gasteiger partial charge on any atom is -0.365 e. The van der Waals surface area contributed by atoms with Gasteiger partial charge in [-0.15, -0.1) is 0 Å². The number of carbonyl (C=O) groups is 1. The van der Waals surface area contributed by atoms with E-state index in [2.05, 4.69) is 0 Å². The van der Waals surface area contributed by atoms with Crippen molar-refractivity contribution >= 4 is 5.91 Å². The van der Waals surface area contributed by atoms with Crippen LogP contribution in [0.2, 0.25) is 0 Å². The van der Waals surface area contributed by atoms with Gasteiger partial charge in [0.25, 0.3) is 11.5 Å². The monoisotopic (exact) mass is 242 g/mol. The molecule has 0 fully saturated rings. The Balaban J connectivity index is 2.38. The number of nitrogens with two attached hydrogens (primary N) is 1. The zero-order valence-electron chi connectivity index (χ0n) is 10.1. The first kappa shape index (κ1) is 12.1. The number of rotatable bonds is 3. The Bertz CT molecular complexity index is 644. The van der Waals surface area contributed by atoms with E-state index in [1.165, 1.54) is 10.6 Å². The second-order valence-corrected chi connectivity index (χ2v) is 4.21. The highest BCUT2D eigenvalue weighted by atomic mass is 16.2. The van der Waals surface area contributed by atoms with Crippen molar-refractivity contribution in [3.8, 4) is 0 Å². The Kier molecular flexibility index (Phi) is 3.28. The largest absolute Gasteiger partial charge is 0.365 e. The number of nitrogens with zero attached hydrogens (tertiary/aromatic N) is 1. The number of carbonyl (C=O) groups excluding carboxylic acids is 1. The van der Waals surface area contributed by atoms with Gasteiger partial charge in [0, 0.05) is 6.20 Å². The molecule has 0 atom stereocenters. The van der Waals surface area contributed by atoms with E-state index in [0.717, 1.165) is 11.1 Å². The minimum atomic E-state index is -0.696. The molecular weight excluding hydrogens is 228 g/mol. The summed E-state index contributed by atoms with van der Waals surface area (Å²) in [6.45, 7) is 2.42. The van der Waals surface area contributed by atoms with Crippen molar-refractivity contribution in [1.29, 1.82) is 0 Å². The van der Waals surface area contributed by atoms with Crippen molar-refractivity contribution in [2.24, 2.45) is 5.73 Å². The summed E-state index contributed by atoms with van der Waals surface area (Å²) in [5.74, 6) is -0.696. The fourth-order valence-corrected chi connectivity index (χ4v) is 1.86. The zero-order chi connectivity index (χ0) is 13.1. The second-order valence-electron chi connectivity index (χ2n) is 4.21. The van der Waals surface area contributed by atoms with Gasteiger partial charge in [0.2, 0.25) is 0 Å². The lowest BCUT2D eigenvalue weighted by molar-refractivity contribution is 0.0998.